The zero-order chi connectivity index (χ0) is 19.8. The first-order valence-corrected chi connectivity index (χ1v) is 10.2. The minimum absolute atomic E-state index is 0.490. The Kier molecular flexibility index (Phi) is 7.02. The molecule has 3 nitrogen and oxygen atoms in total. The number of rotatable bonds is 8. The van der Waals surface area contributed by atoms with Crippen LogP contribution in [0.25, 0.3) is 0 Å². The number of methoxy groups -OCH3 is 1. The van der Waals surface area contributed by atoms with Gasteiger partial charge < -0.3 is 4.74 Å². The van der Waals surface area contributed by atoms with Crippen LogP contribution in [-0.4, -0.2) is 22.8 Å². The number of hydrogen-bond acceptors (Lipinski definition) is 3. The van der Waals surface area contributed by atoms with Crippen LogP contribution in [0.1, 0.15) is 11.1 Å². The molecule has 3 aromatic carbocycles. The molecule has 0 aromatic heterocycles. The number of nitrogens with zero attached hydrogens (tertiary/aromatic N) is 1. The molecule has 0 fully saturated rings. The molecule has 0 saturated carbocycles. The number of benzene rings is 3. The highest BCUT2D eigenvalue weighted by molar-refractivity contribution is 7.85. The van der Waals surface area contributed by atoms with Crippen molar-refractivity contribution in [3.05, 3.63) is 90.0 Å². The fraction of sp³-hybridized carbons (Fsp3) is 0.167. The molecule has 3 aromatic rings. The highest BCUT2D eigenvalue weighted by atomic mass is 32.2. The van der Waals surface area contributed by atoms with Gasteiger partial charge in [0.05, 0.1) is 24.5 Å². The van der Waals surface area contributed by atoms with Crippen LogP contribution >= 0.6 is 0 Å². The molecule has 0 aliphatic heterocycles. The molecule has 1 unspecified atom stereocenters. The van der Waals surface area contributed by atoms with Crippen molar-refractivity contribution in [1.29, 1.82) is 0 Å². The molecule has 0 spiro atoms. The number of terminal acetylenes is 1. The predicted octanol–water partition coefficient (Wildman–Crippen LogP) is 4.50. The van der Waals surface area contributed by atoms with E-state index in [2.05, 4.69) is 10.8 Å². The highest BCUT2D eigenvalue weighted by Gasteiger charge is 2.15. The van der Waals surface area contributed by atoms with Crippen molar-refractivity contribution in [2.45, 2.75) is 22.9 Å². The molecule has 0 bridgehead atoms. The fourth-order valence-corrected chi connectivity index (χ4v) is 4.33. The predicted molar refractivity (Wildman–Crippen MR) is 113 cm³/mol. The van der Waals surface area contributed by atoms with Gasteiger partial charge in [-0.1, -0.05) is 60.5 Å². The van der Waals surface area contributed by atoms with E-state index in [1.165, 1.54) is 0 Å². The van der Waals surface area contributed by atoms with E-state index in [-0.39, 0.29) is 0 Å². The van der Waals surface area contributed by atoms with E-state index in [1.807, 2.05) is 78.9 Å². The molecule has 142 valence electrons. The van der Waals surface area contributed by atoms with E-state index < -0.39 is 10.8 Å². The molecule has 0 amide bonds. The van der Waals surface area contributed by atoms with Gasteiger partial charge in [-0.3, -0.25) is 4.90 Å². The minimum Gasteiger partial charge on any atom is -0.496 e. The SMILES string of the molecule is C#CCN(Cc1ccccc1OC)Cc1ccccc1S(=O)c1ccccc1. The zero-order valence-corrected chi connectivity index (χ0v) is 16.7. The van der Waals surface area contributed by atoms with Gasteiger partial charge in [-0.25, -0.2) is 4.21 Å². The van der Waals surface area contributed by atoms with Crippen LogP contribution in [0, 0.1) is 12.3 Å². The second kappa shape index (κ2) is 9.89. The summed E-state index contributed by atoms with van der Waals surface area (Å²) in [6, 6.07) is 25.3. The third kappa shape index (κ3) is 4.89. The number of hydrogen-bond donors (Lipinski definition) is 0. The van der Waals surface area contributed by atoms with Crippen LogP contribution in [0.2, 0.25) is 0 Å². The van der Waals surface area contributed by atoms with E-state index in [9.17, 15) is 4.21 Å². The van der Waals surface area contributed by atoms with Gasteiger partial charge in [0.1, 0.15) is 5.75 Å². The maximum absolute atomic E-state index is 13.1. The molecule has 0 saturated heterocycles. The van der Waals surface area contributed by atoms with Gasteiger partial charge in [-0.15, -0.1) is 6.42 Å². The van der Waals surface area contributed by atoms with E-state index in [0.29, 0.717) is 19.6 Å². The maximum atomic E-state index is 13.1. The Morgan fingerprint density at radius 1 is 0.893 bits per heavy atom. The van der Waals surface area contributed by atoms with Crippen molar-refractivity contribution < 1.29 is 8.95 Å². The van der Waals surface area contributed by atoms with Crippen molar-refractivity contribution in [2.24, 2.45) is 0 Å². The first-order valence-electron chi connectivity index (χ1n) is 9.05. The molecule has 0 radical (unpaired) electrons. The van der Waals surface area contributed by atoms with Crippen molar-refractivity contribution in [1.82, 2.24) is 4.90 Å². The van der Waals surface area contributed by atoms with Crippen LogP contribution in [0.3, 0.4) is 0 Å². The third-order valence-corrected chi connectivity index (χ3v) is 5.92. The summed E-state index contributed by atoms with van der Waals surface area (Å²) in [6.07, 6.45) is 5.61. The first-order chi connectivity index (χ1) is 13.7. The second-order valence-electron chi connectivity index (χ2n) is 6.35. The molecule has 1 atom stereocenters. The van der Waals surface area contributed by atoms with Crippen LogP contribution in [-0.2, 0) is 23.9 Å². The lowest BCUT2D eigenvalue weighted by Crippen LogP contribution is -2.24. The van der Waals surface area contributed by atoms with Gasteiger partial charge in [0.2, 0.25) is 0 Å². The molecule has 3 rings (SSSR count). The standard InChI is InChI=1S/C24H23NO2S/c1-3-17-25(18-20-11-7-9-15-23(20)27-2)19-21-12-8-10-16-24(21)28(26)22-13-5-4-6-14-22/h1,4-16H,17-19H2,2H3. The average Bonchev–Trinajstić information content (AvgIpc) is 2.75. The second-order valence-corrected chi connectivity index (χ2v) is 7.80. The Balaban J connectivity index is 1.86. The Morgan fingerprint density at radius 2 is 1.50 bits per heavy atom. The smallest absolute Gasteiger partial charge is 0.123 e. The fourth-order valence-electron chi connectivity index (χ4n) is 3.10. The van der Waals surface area contributed by atoms with Gasteiger partial charge in [0.15, 0.2) is 0 Å². The first kappa shape index (κ1) is 19.9. The number of para-hydroxylation sites is 1. The van der Waals surface area contributed by atoms with Crippen LogP contribution in [0.15, 0.2) is 88.7 Å². The summed E-state index contributed by atoms with van der Waals surface area (Å²) < 4.78 is 18.6. The minimum atomic E-state index is -1.23. The third-order valence-electron chi connectivity index (χ3n) is 4.42. The summed E-state index contributed by atoms with van der Waals surface area (Å²) in [5, 5.41) is 0. The zero-order valence-electron chi connectivity index (χ0n) is 15.9. The summed E-state index contributed by atoms with van der Waals surface area (Å²) in [5.41, 5.74) is 2.08. The van der Waals surface area contributed by atoms with Crippen LogP contribution in [0.5, 0.6) is 5.75 Å². The largest absolute Gasteiger partial charge is 0.496 e. The molecule has 4 heteroatoms. The summed E-state index contributed by atoms with van der Waals surface area (Å²) in [7, 11) is 0.435. The van der Waals surface area contributed by atoms with Gasteiger partial charge in [0, 0.05) is 28.4 Å². The Bertz CT molecular complexity index is 979. The van der Waals surface area contributed by atoms with Crippen LogP contribution < -0.4 is 4.74 Å². The number of ether oxygens (including phenoxy) is 1. The van der Waals surface area contributed by atoms with Crippen LogP contribution in [0.4, 0.5) is 0 Å². The van der Waals surface area contributed by atoms with Gasteiger partial charge in [-0.05, 0) is 29.8 Å². The van der Waals surface area contributed by atoms with Crippen molar-refractivity contribution in [3.63, 3.8) is 0 Å². The quantitative estimate of drug-likeness (QED) is 0.532. The molecular formula is C24H23NO2S. The average molecular weight is 390 g/mol. The Morgan fingerprint density at radius 3 is 2.21 bits per heavy atom. The normalized spacial score (nSPS) is 11.8. The molecular weight excluding hydrogens is 366 g/mol. The summed E-state index contributed by atoms with van der Waals surface area (Å²) in [5.74, 6) is 3.57. The van der Waals surface area contributed by atoms with Gasteiger partial charge in [0.25, 0.3) is 0 Å². The van der Waals surface area contributed by atoms with Gasteiger partial charge in [-0.2, -0.15) is 0 Å². The van der Waals surface area contributed by atoms with E-state index >= 15 is 0 Å². The monoisotopic (exact) mass is 389 g/mol. The van der Waals surface area contributed by atoms with E-state index in [0.717, 1.165) is 26.7 Å². The molecule has 0 aliphatic carbocycles. The topological polar surface area (TPSA) is 29.5 Å². The van der Waals surface area contributed by atoms with E-state index in [4.69, 9.17) is 11.2 Å². The lowest BCUT2D eigenvalue weighted by molar-refractivity contribution is 0.282. The summed E-state index contributed by atoms with van der Waals surface area (Å²) >= 11 is 0. The van der Waals surface area contributed by atoms with Crippen molar-refractivity contribution >= 4 is 10.8 Å². The molecule has 28 heavy (non-hydrogen) atoms. The summed E-state index contributed by atoms with van der Waals surface area (Å²) in [4.78, 5) is 3.76. The van der Waals surface area contributed by atoms with Gasteiger partial charge >= 0.3 is 0 Å². The molecule has 0 N–H and O–H groups in total. The lowest BCUT2D eigenvalue weighted by Gasteiger charge is -2.22. The van der Waals surface area contributed by atoms with Crippen molar-refractivity contribution in [3.8, 4) is 18.1 Å². The Labute approximate surface area is 169 Å². The highest BCUT2D eigenvalue weighted by Crippen LogP contribution is 2.24. The maximum Gasteiger partial charge on any atom is 0.123 e. The molecule has 0 heterocycles. The van der Waals surface area contributed by atoms with E-state index in [1.54, 1.807) is 7.11 Å². The summed E-state index contributed by atoms with van der Waals surface area (Å²) in [6.45, 7) is 1.75. The molecule has 0 aliphatic rings. The van der Waals surface area contributed by atoms with Crippen molar-refractivity contribution in [2.75, 3.05) is 13.7 Å². The lowest BCUT2D eigenvalue weighted by atomic mass is 10.1. The Hall–Kier alpha value is -2.87.